The number of ether oxygens (including phenoxy) is 2. The number of benzene rings is 1. The zero-order valence-corrected chi connectivity index (χ0v) is 18.5. The number of anilines is 1. The fourth-order valence-corrected chi connectivity index (χ4v) is 3.98. The molecule has 0 saturated carbocycles. The van der Waals surface area contributed by atoms with Gasteiger partial charge in [-0.3, -0.25) is 4.79 Å². The standard InChI is InChI=1S/C21H28N4O4S/c1-5-13(2)18(19(26)24-20-22-7-9-30-20)23-21(27)25-8-6-14-10-16(28-3)17(29-4)11-15(14)12-25/h7,9-11,13,18H,5-6,8,12H2,1-4H3,(H,23,27)(H,22,24,26). The summed E-state index contributed by atoms with van der Waals surface area (Å²) in [5.74, 6) is 1.05. The average Bonchev–Trinajstić information content (AvgIpc) is 3.28. The molecule has 9 heteroatoms. The Bertz CT molecular complexity index is 887. The second kappa shape index (κ2) is 9.80. The van der Waals surface area contributed by atoms with Crippen LogP contribution in [0.15, 0.2) is 23.7 Å². The van der Waals surface area contributed by atoms with Gasteiger partial charge in [0.05, 0.1) is 14.2 Å². The van der Waals surface area contributed by atoms with E-state index in [-0.39, 0.29) is 17.9 Å². The summed E-state index contributed by atoms with van der Waals surface area (Å²) in [6.45, 7) is 4.96. The van der Waals surface area contributed by atoms with Crippen LogP contribution >= 0.6 is 11.3 Å². The molecule has 2 heterocycles. The van der Waals surface area contributed by atoms with E-state index in [1.807, 2.05) is 26.0 Å². The number of carbonyl (C=O) groups excluding carboxylic acids is 2. The van der Waals surface area contributed by atoms with Crippen molar-refractivity contribution >= 4 is 28.4 Å². The summed E-state index contributed by atoms with van der Waals surface area (Å²) in [4.78, 5) is 31.6. The monoisotopic (exact) mass is 432 g/mol. The summed E-state index contributed by atoms with van der Waals surface area (Å²) in [5, 5.41) is 8.04. The van der Waals surface area contributed by atoms with Gasteiger partial charge in [0, 0.05) is 24.7 Å². The number of amides is 3. The van der Waals surface area contributed by atoms with Crippen LogP contribution in [0.2, 0.25) is 0 Å². The third-order valence-corrected chi connectivity index (χ3v) is 6.13. The first-order valence-electron chi connectivity index (χ1n) is 9.96. The zero-order valence-electron chi connectivity index (χ0n) is 17.7. The van der Waals surface area contributed by atoms with Gasteiger partial charge in [-0.15, -0.1) is 11.3 Å². The fourth-order valence-electron chi connectivity index (χ4n) is 3.45. The van der Waals surface area contributed by atoms with Gasteiger partial charge < -0.3 is 25.0 Å². The van der Waals surface area contributed by atoms with Gasteiger partial charge in [-0.1, -0.05) is 20.3 Å². The minimum atomic E-state index is -0.641. The summed E-state index contributed by atoms with van der Waals surface area (Å²) in [5.41, 5.74) is 2.15. The molecule has 1 aromatic heterocycles. The van der Waals surface area contributed by atoms with Crippen LogP contribution in [0.1, 0.15) is 31.4 Å². The summed E-state index contributed by atoms with van der Waals surface area (Å²) in [6, 6.07) is 2.98. The molecule has 162 valence electrons. The first-order valence-corrected chi connectivity index (χ1v) is 10.8. The van der Waals surface area contributed by atoms with Crippen molar-refractivity contribution in [3.63, 3.8) is 0 Å². The van der Waals surface area contributed by atoms with E-state index in [1.165, 1.54) is 11.3 Å². The Labute approximate surface area is 180 Å². The number of nitrogens with zero attached hydrogens (tertiary/aromatic N) is 2. The molecular formula is C21H28N4O4S. The van der Waals surface area contributed by atoms with Gasteiger partial charge in [0.1, 0.15) is 6.04 Å². The molecule has 1 aliphatic heterocycles. The lowest BCUT2D eigenvalue weighted by Gasteiger charge is -2.32. The Kier molecular flexibility index (Phi) is 7.15. The lowest BCUT2D eigenvalue weighted by atomic mass is 9.97. The quantitative estimate of drug-likeness (QED) is 0.700. The van der Waals surface area contributed by atoms with Crippen molar-refractivity contribution in [3.05, 3.63) is 34.8 Å². The zero-order chi connectivity index (χ0) is 21.7. The lowest BCUT2D eigenvalue weighted by Crippen LogP contribution is -2.53. The van der Waals surface area contributed by atoms with Crippen LogP contribution in [0.4, 0.5) is 9.93 Å². The topological polar surface area (TPSA) is 92.8 Å². The first-order chi connectivity index (χ1) is 14.5. The maximum absolute atomic E-state index is 13.0. The molecule has 0 fully saturated rings. The molecule has 2 N–H and O–H groups in total. The molecule has 0 radical (unpaired) electrons. The number of hydrogen-bond acceptors (Lipinski definition) is 6. The molecule has 2 aromatic rings. The highest BCUT2D eigenvalue weighted by atomic mass is 32.1. The summed E-state index contributed by atoms with van der Waals surface area (Å²) in [6.07, 6.45) is 3.10. The van der Waals surface area contributed by atoms with Crippen LogP contribution in [-0.2, 0) is 17.8 Å². The minimum absolute atomic E-state index is 0.0182. The van der Waals surface area contributed by atoms with E-state index >= 15 is 0 Å². The van der Waals surface area contributed by atoms with E-state index in [2.05, 4.69) is 15.6 Å². The van der Waals surface area contributed by atoms with Gasteiger partial charge in [-0.2, -0.15) is 0 Å². The molecule has 30 heavy (non-hydrogen) atoms. The highest BCUT2D eigenvalue weighted by molar-refractivity contribution is 7.13. The van der Waals surface area contributed by atoms with Crippen molar-refractivity contribution in [1.82, 2.24) is 15.2 Å². The smallest absolute Gasteiger partial charge is 0.318 e. The van der Waals surface area contributed by atoms with Gasteiger partial charge in [0.2, 0.25) is 5.91 Å². The van der Waals surface area contributed by atoms with Crippen molar-refractivity contribution in [3.8, 4) is 11.5 Å². The number of rotatable bonds is 7. The summed E-state index contributed by atoms with van der Waals surface area (Å²) >= 11 is 1.35. The van der Waals surface area contributed by atoms with Crippen molar-refractivity contribution in [2.24, 2.45) is 5.92 Å². The Morgan fingerprint density at radius 1 is 1.23 bits per heavy atom. The molecular weight excluding hydrogens is 404 g/mol. The Hall–Kier alpha value is -2.81. The van der Waals surface area contributed by atoms with Gasteiger partial charge in [0.25, 0.3) is 0 Å². The predicted octanol–water partition coefficient (Wildman–Crippen LogP) is 3.28. The predicted molar refractivity (Wildman–Crippen MR) is 116 cm³/mol. The number of nitrogens with one attached hydrogen (secondary N) is 2. The molecule has 2 unspecified atom stereocenters. The van der Waals surface area contributed by atoms with Gasteiger partial charge in [0.15, 0.2) is 16.6 Å². The second-order valence-corrected chi connectivity index (χ2v) is 8.18. The Balaban J connectivity index is 1.71. The summed E-state index contributed by atoms with van der Waals surface area (Å²) in [7, 11) is 3.20. The lowest BCUT2D eigenvalue weighted by molar-refractivity contribution is -0.119. The second-order valence-electron chi connectivity index (χ2n) is 7.29. The number of thiazole rings is 1. The first kappa shape index (κ1) is 21.9. The maximum atomic E-state index is 13.0. The Morgan fingerprint density at radius 2 is 1.93 bits per heavy atom. The van der Waals surface area contributed by atoms with Crippen molar-refractivity contribution in [2.45, 2.75) is 39.3 Å². The third-order valence-electron chi connectivity index (χ3n) is 5.44. The molecule has 3 rings (SSSR count). The van der Waals surface area contributed by atoms with Gasteiger partial charge in [-0.25, -0.2) is 9.78 Å². The molecule has 2 atom stereocenters. The van der Waals surface area contributed by atoms with E-state index < -0.39 is 6.04 Å². The normalized spacial score (nSPS) is 15.0. The Morgan fingerprint density at radius 3 is 2.53 bits per heavy atom. The number of methoxy groups -OCH3 is 2. The summed E-state index contributed by atoms with van der Waals surface area (Å²) < 4.78 is 10.8. The fraction of sp³-hybridized carbons (Fsp3) is 0.476. The molecule has 8 nitrogen and oxygen atoms in total. The maximum Gasteiger partial charge on any atom is 0.318 e. The SMILES string of the molecule is CCC(C)C(NC(=O)N1CCc2cc(OC)c(OC)cc2C1)C(=O)Nc1nccs1. The minimum Gasteiger partial charge on any atom is -0.493 e. The molecule has 1 aromatic carbocycles. The molecule has 0 aliphatic carbocycles. The van der Waals surface area contributed by atoms with Crippen molar-refractivity contribution < 1.29 is 19.1 Å². The van der Waals surface area contributed by atoms with E-state index in [1.54, 1.807) is 30.7 Å². The molecule has 1 aliphatic rings. The molecule has 0 bridgehead atoms. The molecule has 0 saturated heterocycles. The van der Waals surface area contributed by atoms with Crippen LogP contribution in [-0.4, -0.2) is 48.6 Å². The number of hydrogen-bond donors (Lipinski definition) is 2. The van der Waals surface area contributed by atoms with Crippen LogP contribution in [0.25, 0.3) is 0 Å². The molecule has 3 amide bonds. The third kappa shape index (κ3) is 4.84. The van der Waals surface area contributed by atoms with Crippen LogP contribution in [0.3, 0.4) is 0 Å². The van der Waals surface area contributed by atoms with E-state index in [9.17, 15) is 9.59 Å². The van der Waals surface area contributed by atoms with Gasteiger partial charge in [-0.05, 0) is 35.6 Å². The van der Waals surface area contributed by atoms with Crippen molar-refractivity contribution in [2.75, 3.05) is 26.1 Å². The van der Waals surface area contributed by atoms with Crippen LogP contribution in [0.5, 0.6) is 11.5 Å². The van der Waals surface area contributed by atoms with E-state index in [4.69, 9.17) is 9.47 Å². The number of carbonyl (C=O) groups is 2. The molecule has 0 spiro atoms. The highest BCUT2D eigenvalue weighted by Crippen LogP contribution is 2.33. The number of urea groups is 1. The number of fused-ring (bicyclic) bond motifs is 1. The number of aromatic nitrogens is 1. The van der Waals surface area contributed by atoms with E-state index in [0.717, 1.165) is 17.5 Å². The van der Waals surface area contributed by atoms with E-state index in [0.29, 0.717) is 36.1 Å². The van der Waals surface area contributed by atoms with Crippen LogP contribution in [0, 0.1) is 5.92 Å². The highest BCUT2D eigenvalue weighted by Gasteiger charge is 2.30. The van der Waals surface area contributed by atoms with Gasteiger partial charge >= 0.3 is 6.03 Å². The van der Waals surface area contributed by atoms with Crippen LogP contribution < -0.4 is 20.1 Å². The van der Waals surface area contributed by atoms with Crippen molar-refractivity contribution in [1.29, 1.82) is 0 Å². The average molecular weight is 433 g/mol. The largest absolute Gasteiger partial charge is 0.493 e.